The molecule has 17 heavy (non-hydrogen) atoms. The molecule has 1 aliphatic rings. The van der Waals surface area contributed by atoms with Crippen LogP contribution >= 0.6 is 0 Å². The Balaban J connectivity index is 0.000000366. The molecular formula is C13H26O4. The van der Waals surface area contributed by atoms with Crippen LogP contribution in [0.25, 0.3) is 0 Å². The highest BCUT2D eigenvalue weighted by atomic mass is 16.3. The fourth-order valence-electron chi connectivity index (χ4n) is 1.86. The van der Waals surface area contributed by atoms with Gasteiger partial charge in [0.05, 0.1) is 13.2 Å². The molecule has 1 fully saturated rings. The normalized spacial score (nSPS) is 17.9. The van der Waals surface area contributed by atoms with E-state index in [4.69, 9.17) is 15.3 Å². The lowest BCUT2D eigenvalue weighted by atomic mass is 9.72. The van der Waals surface area contributed by atoms with E-state index >= 15 is 0 Å². The average Bonchev–Trinajstić information content (AvgIpc) is 2.28. The van der Waals surface area contributed by atoms with Crippen LogP contribution in [0.15, 0.2) is 0 Å². The number of carbonyl (C=O) groups excluding carboxylic acids is 1. The van der Waals surface area contributed by atoms with Crippen LogP contribution < -0.4 is 0 Å². The van der Waals surface area contributed by atoms with Crippen LogP contribution in [0.2, 0.25) is 0 Å². The molecule has 0 amide bonds. The van der Waals surface area contributed by atoms with Crippen molar-refractivity contribution in [2.24, 2.45) is 11.3 Å². The number of ketones is 1. The van der Waals surface area contributed by atoms with Gasteiger partial charge in [-0.3, -0.25) is 4.79 Å². The molecule has 1 saturated carbocycles. The summed E-state index contributed by atoms with van der Waals surface area (Å²) in [5.74, 6) is 1.23. The topological polar surface area (TPSA) is 77.8 Å². The Kier molecular flexibility index (Phi) is 7.59. The second-order valence-corrected chi connectivity index (χ2v) is 5.70. The molecule has 0 saturated heterocycles. The third kappa shape index (κ3) is 7.47. The molecule has 0 spiro atoms. The van der Waals surface area contributed by atoms with Crippen molar-refractivity contribution in [1.29, 1.82) is 0 Å². The van der Waals surface area contributed by atoms with Gasteiger partial charge in [0.2, 0.25) is 0 Å². The van der Waals surface area contributed by atoms with Crippen LogP contribution in [-0.4, -0.2) is 40.4 Å². The van der Waals surface area contributed by atoms with E-state index in [1.54, 1.807) is 0 Å². The van der Waals surface area contributed by atoms with Crippen molar-refractivity contribution in [2.75, 3.05) is 13.2 Å². The van der Waals surface area contributed by atoms with Crippen LogP contribution in [0, 0.1) is 11.3 Å². The van der Waals surface area contributed by atoms with Crippen molar-refractivity contribution < 1.29 is 20.1 Å². The van der Waals surface area contributed by atoms with Gasteiger partial charge in [0.15, 0.2) is 0 Å². The van der Waals surface area contributed by atoms with Gasteiger partial charge >= 0.3 is 0 Å². The lowest BCUT2D eigenvalue weighted by molar-refractivity contribution is -0.121. The van der Waals surface area contributed by atoms with E-state index in [2.05, 4.69) is 20.8 Å². The summed E-state index contributed by atoms with van der Waals surface area (Å²) < 4.78 is 0. The van der Waals surface area contributed by atoms with Crippen LogP contribution in [0.1, 0.15) is 46.5 Å². The van der Waals surface area contributed by atoms with Gasteiger partial charge in [-0.25, -0.2) is 0 Å². The molecule has 3 N–H and O–H groups in total. The summed E-state index contributed by atoms with van der Waals surface area (Å²) in [6.45, 7) is 6.08. The first-order chi connectivity index (χ1) is 7.81. The van der Waals surface area contributed by atoms with Gasteiger partial charge in [-0.1, -0.05) is 20.8 Å². The maximum absolute atomic E-state index is 10.9. The molecule has 0 radical (unpaired) electrons. The number of aliphatic hydroxyl groups excluding tert-OH is 3. The maximum atomic E-state index is 10.9. The average molecular weight is 246 g/mol. The monoisotopic (exact) mass is 246 g/mol. The molecule has 4 nitrogen and oxygen atoms in total. The number of carbonyl (C=O) groups is 1. The van der Waals surface area contributed by atoms with Crippen molar-refractivity contribution in [2.45, 2.75) is 52.6 Å². The molecule has 0 bridgehead atoms. The van der Waals surface area contributed by atoms with Crippen molar-refractivity contribution in [3.63, 3.8) is 0 Å². The van der Waals surface area contributed by atoms with Crippen LogP contribution in [0.5, 0.6) is 0 Å². The molecular weight excluding hydrogens is 220 g/mol. The van der Waals surface area contributed by atoms with E-state index in [-0.39, 0.29) is 13.2 Å². The first kappa shape index (κ1) is 16.6. The summed E-state index contributed by atoms with van der Waals surface area (Å²) in [4.78, 5) is 10.9. The van der Waals surface area contributed by atoms with Gasteiger partial charge in [0.25, 0.3) is 0 Å². The van der Waals surface area contributed by atoms with Gasteiger partial charge in [-0.05, 0) is 24.2 Å². The summed E-state index contributed by atoms with van der Waals surface area (Å²) in [6, 6.07) is 0. The Morgan fingerprint density at radius 2 is 1.59 bits per heavy atom. The summed E-state index contributed by atoms with van der Waals surface area (Å²) in [6.07, 6.45) is 2.92. The number of aliphatic hydroxyl groups is 3. The summed E-state index contributed by atoms with van der Waals surface area (Å²) in [5, 5.41) is 24.0. The van der Waals surface area contributed by atoms with Gasteiger partial charge in [0, 0.05) is 12.8 Å². The molecule has 0 unspecified atom stereocenters. The zero-order valence-corrected chi connectivity index (χ0v) is 11.1. The number of hydrogen-bond acceptors (Lipinski definition) is 4. The molecule has 1 aliphatic carbocycles. The second kappa shape index (κ2) is 7.80. The van der Waals surface area contributed by atoms with E-state index in [9.17, 15) is 4.79 Å². The van der Waals surface area contributed by atoms with Crippen LogP contribution in [-0.2, 0) is 4.79 Å². The minimum Gasteiger partial charge on any atom is -0.394 e. The molecule has 0 heterocycles. The molecule has 102 valence electrons. The van der Waals surface area contributed by atoms with E-state index in [1.165, 1.54) is 0 Å². The second-order valence-electron chi connectivity index (χ2n) is 5.70. The SMILES string of the molecule is CC(C)(C)C1CCC(=O)CC1.OCC(O)CO. The van der Waals surface area contributed by atoms with Gasteiger partial charge in [0.1, 0.15) is 11.9 Å². The Labute approximate surface area is 104 Å². The Morgan fingerprint density at radius 3 is 1.82 bits per heavy atom. The van der Waals surface area contributed by atoms with E-state index in [0.29, 0.717) is 11.2 Å². The highest BCUT2D eigenvalue weighted by Crippen LogP contribution is 2.36. The van der Waals surface area contributed by atoms with Crippen molar-refractivity contribution in [1.82, 2.24) is 0 Å². The molecule has 0 aromatic rings. The first-order valence-electron chi connectivity index (χ1n) is 6.22. The highest BCUT2D eigenvalue weighted by molar-refractivity contribution is 5.79. The highest BCUT2D eigenvalue weighted by Gasteiger charge is 2.28. The third-order valence-electron chi connectivity index (χ3n) is 3.19. The molecule has 4 heteroatoms. The van der Waals surface area contributed by atoms with E-state index < -0.39 is 6.10 Å². The predicted octanol–water partition coefficient (Wildman–Crippen LogP) is 1.12. The zero-order chi connectivity index (χ0) is 13.5. The smallest absolute Gasteiger partial charge is 0.132 e. The number of rotatable bonds is 2. The van der Waals surface area contributed by atoms with E-state index in [0.717, 1.165) is 31.6 Å². The first-order valence-corrected chi connectivity index (χ1v) is 6.22. The van der Waals surface area contributed by atoms with Crippen molar-refractivity contribution in [3.8, 4) is 0 Å². The van der Waals surface area contributed by atoms with Gasteiger partial charge < -0.3 is 15.3 Å². The predicted molar refractivity (Wildman–Crippen MR) is 66.6 cm³/mol. The Morgan fingerprint density at radius 1 is 1.18 bits per heavy atom. The lowest BCUT2D eigenvalue weighted by Gasteiger charge is -2.33. The standard InChI is InChI=1S/C10H18O.C3H8O3/c1-10(2,3)8-4-6-9(11)7-5-8;4-1-3(6)2-5/h8H,4-7H2,1-3H3;3-6H,1-2H2. The molecule has 0 aliphatic heterocycles. The zero-order valence-electron chi connectivity index (χ0n) is 11.1. The fourth-order valence-corrected chi connectivity index (χ4v) is 1.86. The lowest BCUT2D eigenvalue weighted by Crippen LogP contribution is -2.25. The Hall–Kier alpha value is -0.450. The summed E-state index contributed by atoms with van der Waals surface area (Å²) >= 11 is 0. The molecule has 0 aromatic carbocycles. The number of Topliss-reactive ketones (excluding diaryl/α,β-unsaturated/α-hetero) is 1. The van der Waals surface area contributed by atoms with Gasteiger partial charge in [-0.2, -0.15) is 0 Å². The van der Waals surface area contributed by atoms with Crippen LogP contribution in [0.4, 0.5) is 0 Å². The van der Waals surface area contributed by atoms with Crippen molar-refractivity contribution in [3.05, 3.63) is 0 Å². The third-order valence-corrected chi connectivity index (χ3v) is 3.19. The van der Waals surface area contributed by atoms with Crippen LogP contribution in [0.3, 0.4) is 0 Å². The van der Waals surface area contributed by atoms with E-state index in [1.807, 2.05) is 0 Å². The molecule has 0 aromatic heterocycles. The van der Waals surface area contributed by atoms with Gasteiger partial charge in [-0.15, -0.1) is 0 Å². The quantitative estimate of drug-likeness (QED) is 0.682. The van der Waals surface area contributed by atoms with Crippen molar-refractivity contribution >= 4 is 5.78 Å². The largest absolute Gasteiger partial charge is 0.394 e. The number of hydrogen-bond donors (Lipinski definition) is 3. The summed E-state index contributed by atoms with van der Waals surface area (Å²) in [5.41, 5.74) is 0.403. The molecule has 0 atom stereocenters. The maximum Gasteiger partial charge on any atom is 0.132 e. The Bertz CT molecular complexity index is 206. The fraction of sp³-hybridized carbons (Fsp3) is 0.923. The summed E-state index contributed by atoms with van der Waals surface area (Å²) in [7, 11) is 0. The minimum atomic E-state index is -0.954. The molecule has 1 rings (SSSR count). The minimum absolute atomic E-state index is 0.365.